The van der Waals surface area contributed by atoms with Gasteiger partial charge >= 0.3 is 0 Å². The summed E-state index contributed by atoms with van der Waals surface area (Å²) in [5.74, 6) is 1.18. The van der Waals surface area contributed by atoms with Crippen molar-refractivity contribution in [2.45, 2.75) is 43.4 Å². The van der Waals surface area contributed by atoms with Gasteiger partial charge in [-0.1, -0.05) is 48.4 Å². The van der Waals surface area contributed by atoms with E-state index in [1.54, 1.807) is 40.3 Å². The second-order valence-corrected chi connectivity index (χ2v) is 10.3. The van der Waals surface area contributed by atoms with Gasteiger partial charge in [0.25, 0.3) is 0 Å². The van der Waals surface area contributed by atoms with E-state index in [9.17, 15) is 13.2 Å². The van der Waals surface area contributed by atoms with Gasteiger partial charge in [0.05, 0.1) is 10.6 Å². The maximum atomic E-state index is 12.7. The van der Waals surface area contributed by atoms with Crippen molar-refractivity contribution in [3.05, 3.63) is 65.2 Å². The Kier molecular flexibility index (Phi) is 7.75. The number of amides is 1. The molecule has 1 aliphatic rings. The number of thioether (sulfide) groups is 1. The van der Waals surface area contributed by atoms with Gasteiger partial charge in [0.15, 0.2) is 0 Å². The van der Waals surface area contributed by atoms with E-state index in [4.69, 9.17) is 0 Å². The van der Waals surface area contributed by atoms with Crippen LogP contribution in [0.25, 0.3) is 0 Å². The largest absolute Gasteiger partial charge is 0.351 e. The molecule has 2 aromatic carbocycles. The zero-order valence-electron chi connectivity index (χ0n) is 16.8. The summed E-state index contributed by atoms with van der Waals surface area (Å²) in [6.45, 7) is 3.65. The lowest BCUT2D eigenvalue weighted by Gasteiger charge is -2.25. The lowest BCUT2D eigenvalue weighted by Crippen LogP contribution is -2.35. The normalized spacial score (nSPS) is 15.2. The molecule has 0 aliphatic carbocycles. The third kappa shape index (κ3) is 6.32. The summed E-state index contributed by atoms with van der Waals surface area (Å²) in [5, 5.41) is 2.90. The lowest BCUT2D eigenvalue weighted by atomic mass is 10.2. The molecule has 7 heteroatoms. The number of benzene rings is 2. The number of nitrogens with zero attached hydrogens (tertiary/aromatic N) is 1. The summed E-state index contributed by atoms with van der Waals surface area (Å²) in [5.41, 5.74) is 3.32. The van der Waals surface area contributed by atoms with Crippen molar-refractivity contribution in [1.29, 1.82) is 0 Å². The fraction of sp³-hybridized carbons (Fsp3) is 0.409. The minimum Gasteiger partial charge on any atom is -0.351 e. The van der Waals surface area contributed by atoms with Gasteiger partial charge in [-0.15, -0.1) is 11.8 Å². The fourth-order valence-corrected chi connectivity index (χ4v) is 5.57. The summed E-state index contributed by atoms with van der Waals surface area (Å²) in [4.78, 5) is 12.4. The quantitative estimate of drug-likeness (QED) is 0.690. The molecule has 1 N–H and O–H groups in total. The highest BCUT2D eigenvalue weighted by Crippen LogP contribution is 2.21. The molecule has 5 nitrogen and oxygen atoms in total. The average molecular weight is 433 g/mol. The van der Waals surface area contributed by atoms with Crippen LogP contribution >= 0.6 is 11.8 Å². The number of carbonyl (C=O) groups is 1. The molecule has 0 radical (unpaired) electrons. The zero-order valence-corrected chi connectivity index (χ0v) is 18.4. The standard InChI is InChI=1S/C22H28N2O3S2/c1-18-5-7-20(8-6-18)16-28-17-22(25)23-15-19-9-11-21(12-10-19)29(26,27)24-13-3-2-4-14-24/h5-12H,2-4,13-17H2,1H3,(H,23,25). The molecule has 3 rings (SSSR count). The Morgan fingerprint density at radius 1 is 0.966 bits per heavy atom. The van der Waals surface area contributed by atoms with Crippen LogP contribution in [0, 0.1) is 6.92 Å². The molecular formula is C22H28N2O3S2. The third-order valence-electron chi connectivity index (χ3n) is 4.99. The summed E-state index contributed by atoms with van der Waals surface area (Å²) in [6.07, 6.45) is 2.94. The van der Waals surface area contributed by atoms with Crippen LogP contribution in [0.1, 0.15) is 36.0 Å². The molecule has 0 spiro atoms. The first-order valence-electron chi connectivity index (χ1n) is 9.94. The molecule has 2 aromatic rings. The number of rotatable bonds is 8. The molecule has 1 heterocycles. The van der Waals surface area contributed by atoms with E-state index in [1.807, 2.05) is 0 Å². The van der Waals surface area contributed by atoms with Gasteiger partial charge in [0, 0.05) is 25.4 Å². The van der Waals surface area contributed by atoms with Gasteiger partial charge in [-0.05, 0) is 43.0 Å². The van der Waals surface area contributed by atoms with E-state index in [1.165, 1.54) is 11.1 Å². The van der Waals surface area contributed by atoms with Gasteiger partial charge in [0.1, 0.15) is 0 Å². The Bertz CT molecular complexity index is 904. The lowest BCUT2D eigenvalue weighted by molar-refractivity contribution is -0.118. The molecule has 0 saturated carbocycles. The second kappa shape index (κ2) is 10.3. The van der Waals surface area contributed by atoms with E-state index in [0.717, 1.165) is 30.6 Å². The second-order valence-electron chi connectivity index (χ2n) is 7.36. The highest BCUT2D eigenvalue weighted by molar-refractivity contribution is 7.99. The molecule has 0 atom stereocenters. The van der Waals surface area contributed by atoms with E-state index in [0.29, 0.717) is 30.3 Å². The van der Waals surface area contributed by atoms with Crippen molar-refractivity contribution in [2.24, 2.45) is 0 Å². The van der Waals surface area contributed by atoms with Crippen LogP contribution in [0.5, 0.6) is 0 Å². The van der Waals surface area contributed by atoms with Crippen LogP contribution in [0.15, 0.2) is 53.4 Å². The summed E-state index contributed by atoms with van der Waals surface area (Å²) in [7, 11) is -3.41. The minimum atomic E-state index is -3.41. The summed E-state index contributed by atoms with van der Waals surface area (Å²) in [6, 6.07) is 15.1. The Hall–Kier alpha value is -1.83. The Morgan fingerprint density at radius 2 is 1.59 bits per heavy atom. The predicted octanol–water partition coefficient (Wildman–Crippen LogP) is 3.72. The number of aryl methyl sites for hydroxylation is 1. The topological polar surface area (TPSA) is 66.5 Å². The zero-order chi connectivity index (χ0) is 20.7. The van der Waals surface area contributed by atoms with Gasteiger partial charge in [-0.2, -0.15) is 4.31 Å². The Balaban J connectivity index is 1.44. The highest BCUT2D eigenvalue weighted by Gasteiger charge is 2.25. The van der Waals surface area contributed by atoms with Gasteiger partial charge < -0.3 is 5.32 Å². The van der Waals surface area contributed by atoms with Gasteiger partial charge in [-0.25, -0.2) is 8.42 Å². The molecule has 0 bridgehead atoms. The van der Waals surface area contributed by atoms with Crippen LogP contribution in [-0.2, 0) is 27.1 Å². The van der Waals surface area contributed by atoms with E-state index in [-0.39, 0.29) is 5.91 Å². The van der Waals surface area contributed by atoms with Crippen molar-refractivity contribution < 1.29 is 13.2 Å². The number of hydrogen-bond donors (Lipinski definition) is 1. The van der Waals surface area contributed by atoms with Crippen LogP contribution in [0.2, 0.25) is 0 Å². The Morgan fingerprint density at radius 3 is 2.24 bits per heavy atom. The van der Waals surface area contributed by atoms with Crippen LogP contribution in [-0.4, -0.2) is 37.5 Å². The molecule has 1 fully saturated rings. The van der Waals surface area contributed by atoms with E-state index in [2.05, 4.69) is 36.5 Å². The van der Waals surface area contributed by atoms with Gasteiger partial charge in [-0.3, -0.25) is 4.79 Å². The van der Waals surface area contributed by atoms with Crippen molar-refractivity contribution in [3.63, 3.8) is 0 Å². The number of carbonyl (C=O) groups excluding carboxylic acids is 1. The van der Waals surface area contributed by atoms with Crippen LogP contribution < -0.4 is 5.32 Å². The molecule has 0 aromatic heterocycles. The first-order valence-corrected chi connectivity index (χ1v) is 12.5. The number of sulfonamides is 1. The van der Waals surface area contributed by atoms with Crippen molar-refractivity contribution in [3.8, 4) is 0 Å². The van der Waals surface area contributed by atoms with Crippen LogP contribution in [0.3, 0.4) is 0 Å². The number of hydrogen-bond acceptors (Lipinski definition) is 4. The summed E-state index contributed by atoms with van der Waals surface area (Å²) >= 11 is 1.58. The summed E-state index contributed by atoms with van der Waals surface area (Å²) < 4.78 is 26.9. The first kappa shape index (κ1) is 21.9. The van der Waals surface area contributed by atoms with Gasteiger partial charge in [0.2, 0.25) is 15.9 Å². The molecule has 1 aliphatic heterocycles. The molecule has 1 saturated heterocycles. The monoisotopic (exact) mass is 432 g/mol. The molecule has 1 amide bonds. The SMILES string of the molecule is Cc1ccc(CSCC(=O)NCc2ccc(S(=O)(=O)N3CCCCC3)cc2)cc1. The first-order chi connectivity index (χ1) is 13.9. The number of piperidine rings is 1. The fourth-order valence-electron chi connectivity index (χ4n) is 3.23. The maximum absolute atomic E-state index is 12.7. The molecule has 0 unspecified atom stereocenters. The highest BCUT2D eigenvalue weighted by atomic mass is 32.2. The van der Waals surface area contributed by atoms with Crippen LogP contribution in [0.4, 0.5) is 0 Å². The third-order valence-corrected chi connectivity index (χ3v) is 7.90. The van der Waals surface area contributed by atoms with E-state index >= 15 is 0 Å². The maximum Gasteiger partial charge on any atom is 0.243 e. The average Bonchev–Trinajstić information content (AvgIpc) is 2.74. The molecule has 29 heavy (non-hydrogen) atoms. The predicted molar refractivity (Wildman–Crippen MR) is 118 cm³/mol. The Labute approximate surface area is 177 Å². The van der Waals surface area contributed by atoms with E-state index < -0.39 is 10.0 Å². The smallest absolute Gasteiger partial charge is 0.243 e. The number of nitrogens with one attached hydrogen (secondary N) is 1. The molecule has 156 valence electrons. The molecular weight excluding hydrogens is 404 g/mol. The van der Waals surface area contributed by atoms with Crippen molar-refractivity contribution in [1.82, 2.24) is 9.62 Å². The van der Waals surface area contributed by atoms with Crippen molar-refractivity contribution in [2.75, 3.05) is 18.8 Å². The van der Waals surface area contributed by atoms with Crippen molar-refractivity contribution >= 4 is 27.7 Å². The minimum absolute atomic E-state index is 0.0212.